The fourth-order valence-corrected chi connectivity index (χ4v) is 1.66. The molecule has 0 saturated heterocycles. The van der Waals surface area contributed by atoms with Crippen LogP contribution in [0.3, 0.4) is 0 Å². The third kappa shape index (κ3) is 3.07. The minimum atomic E-state index is 0.428. The van der Waals surface area contributed by atoms with Crippen molar-refractivity contribution in [3.8, 4) is 0 Å². The molecule has 0 aromatic carbocycles. The molecule has 0 aromatic heterocycles. The molecule has 1 unspecified atom stereocenters. The fourth-order valence-electron chi connectivity index (χ4n) is 1.66. The van der Waals surface area contributed by atoms with Crippen molar-refractivity contribution in [2.24, 2.45) is 5.92 Å². The highest BCUT2D eigenvalue weighted by molar-refractivity contribution is 5.79. The summed E-state index contributed by atoms with van der Waals surface area (Å²) < 4.78 is 4.79. The lowest BCUT2D eigenvalue weighted by Crippen LogP contribution is -2.14. The first-order valence-electron chi connectivity index (χ1n) is 4.52. The molecule has 0 amide bonds. The van der Waals surface area contributed by atoms with Crippen molar-refractivity contribution in [2.45, 2.75) is 32.1 Å². The molecule has 12 heavy (non-hydrogen) atoms. The predicted octanol–water partition coefficient (Wildman–Crippen LogP) is 2.30. The van der Waals surface area contributed by atoms with E-state index in [1.54, 1.807) is 13.4 Å². The van der Waals surface area contributed by atoms with Crippen molar-refractivity contribution >= 4 is 5.78 Å². The molecule has 68 valence electrons. The summed E-state index contributed by atoms with van der Waals surface area (Å²) >= 11 is 0. The van der Waals surface area contributed by atoms with E-state index in [0.717, 1.165) is 25.7 Å². The van der Waals surface area contributed by atoms with Gasteiger partial charge in [-0.1, -0.05) is 0 Å². The van der Waals surface area contributed by atoms with Crippen LogP contribution in [-0.4, -0.2) is 12.9 Å². The summed E-state index contributed by atoms with van der Waals surface area (Å²) in [6, 6.07) is 0. The summed E-state index contributed by atoms with van der Waals surface area (Å²) in [5, 5.41) is 0. The average molecular weight is 168 g/mol. The summed E-state index contributed by atoms with van der Waals surface area (Å²) in [7, 11) is 1.64. The highest BCUT2D eigenvalue weighted by atomic mass is 16.5. The van der Waals surface area contributed by atoms with E-state index in [4.69, 9.17) is 4.74 Å². The largest absolute Gasteiger partial charge is 0.505 e. The van der Waals surface area contributed by atoms with Crippen LogP contribution in [0.1, 0.15) is 32.1 Å². The van der Waals surface area contributed by atoms with Gasteiger partial charge in [-0.15, -0.1) is 0 Å². The molecule has 1 atom stereocenters. The maximum atomic E-state index is 11.1. The third-order valence-corrected chi connectivity index (χ3v) is 2.29. The second kappa shape index (κ2) is 4.96. The van der Waals surface area contributed by atoms with E-state index in [9.17, 15) is 4.79 Å². The molecule has 0 heterocycles. The summed E-state index contributed by atoms with van der Waals surface area (Å²) in [4.78, 5) is 11.1. The number of hydrogen-bond acceptors (Lipinski definition) is 2. The summed E-state index contributed by atoms with van der Waals surface area (Å²) in [5.41, 5.74) is 0. The van der Waals surface area contributed by atoms with Gasteiger partial charge in [0, 0.05) is 12.8 Å². The summed E-state index contributed by atoms with van der Waals surface area (Å²) in [6.07, 6.45) is 8.52. The van der Waals surface area contributed by atoms with Crippen LogP contribution in [0, 0.1) is 5.92 Å². The fraction of sp³-hybridized carbons (Fsp3) is 0.700. The lowest BCUT2D eigenvalue weighted by atomic mass is 9.86. The summed E-state index contributed by atoms with van der Waals surface area (Å²) in [6.45, 7) is 0. The van der Waals surface area contributed by atoms with E-state index in [2.05, 4.69) is 0 Å². The molecule has 1 rings (SSSR count). The second-order valence-electron chi connectivity index (χ2n) is 3.34. The number of rotatable bonds is 3. The second-order valence-corrected chi connectivity index (χ2v) is 3.34. The monoisotopic (exact) mass is 168 g/mol. The SMILES string of the molecule is CO/C=C\CC1CCCC(=O)C1. The molecule has 0 bridgehead atoms. The topological polar surface area (TPSA) is 26.3 Å². The Bertz CT molecular complexity index is 173. The van der Waals surface area contributed by atoms with Gasteiger partial charge in [-0.3, -0.25) is 4.79 Å². The van der Waals surface area contributed by atoms with Crippen LogP contribution in [-0.2, 0) is 9.53 Å². The van der Waals surface area contributed by atoms with Crippen LogP contribution in [0.25, 0.3) is 0 Å². The Labute approximate surface area is 73.6 Å². The molecule has 0 radical (unpaired) electrons. The van der Waals surface area contributed by atoms with E-state index in [-0.39, 0.29) is 0 Å². The first kappa shape index (κ1) is 9.30. The van der Waals surface area contributed by atoms with Gasteiger partial charge in [0.2, 0.25) is 0 Å². The molecular weight excluding hydrogens is 152 g/mol. The zero-order chi connectivity index (χ0) is 8.81. The van der Waals surface area contributed by atoms with Crippen molar-refractivity contribution in [3.63, 3.8) is 0 Å². The van der Waals surface area contributed by atoms with E-state index >= 15 is 0 Å². The Morgan fingerprint density at radius 3 is 3.17 bits per heavy atom. The van der Waals surface area contributed by atoms with Crippen LogP contribution in [0.2, 0.25) is 0 Å². The third-order valence-electron chi connectivity index (χ3n) is 2.29. The number of hydrogen-bond donors (Lipinski definition) is 0. The van der Waals surface area contributed by atoms with Crippen LogP contribution in [0.5, 0.6) is 0 Å². The Morgan fingerprint density at radius 1 is 1.67 bits per heavy atom. The molecule has 1 aliphatic rings. The lowest BCUT2D eigenvalue weighted by Gasteiger charge is -2.18. The molecule has 2 heteroatoms. The first-order chi connectivity index (χ1) is 5.83. The Kier molecular flexibility index (Phi) is 3.85. The van der Waals surface area contributed by atoms with Crippen LogP contribution < -0.4 is 0 Å². The number of methoxy groups -OCH3 is 1. The maximum absolute atomic E-state index is 11.1. The van der Waals surface area contributed by atoms with Crippen LogP contribution >= 0.6 is 0 Å². The van der Waals surface area contributed by atoms with Crippen molar-refractivity contribution in [3.05, 3.63) is 12.3 Å². The van der Waals surface area contributed by atoms with Gasteiger partial charge in [-0.05, 0) is 31.3 Å². The number of ether oxygens (including phenoxy) is 1. The number of Topliss-reactive ketones (excluding diaryl/α,β-unsaturated/α-hetero) is 1. The Hall–Kier alpha value is -0.790. The molecule has 1 aliphatic carbocycles. The van der Waals surface area contributed by atoms with Gasteiger partial charge in [-0.2, -0.15) is 0 Å². The van der Waals surface area contributed by atoms with Crippen molar-refractivity contribution in [1.29, 1.82) is 0 Å². The molecule has 0 aliphatic heterocycles. The van der Waals surface area contributed by atoms with Crippen molar-refractivity contribution in [1.82, 2.24) is 0 Å². The minimum absolute atomic E-state index is 0.428. The number of carbonyl (C=O) groups is 1. The van der Waals surface area contributed by atoms with Crippen LogP contribution in [0.4, 0.5) is 0 Å². The lowest BCUT2D eigenvalue weighted by molar-refractivity contribution is -0.121. The Morgan fingerprint density at radius 2 is 2.50 bits per heavy atom. The zero-order valence-corrected chi connectivity index (χ0v) is 7.58. The highest BCUT2D eigenvalue weighted by Crippen LogP contribution is 2.24. The smallest absolute Gasteiger partial charge is 0.133 e. The quantitative estimate of drug-likeness (QED) is 0.604. The highest BCUT2D eigenvalue weighted by Gasteiger charge is 2.17. The Balaban J connectivity index is 2.22. The number of carbonyl (C=O) groups excluding carboxylic acids is 1. The van der Waals surface area contributed by atoms with Gasteiger partial charge in [0.25, 0.3) is 0 Å². The van der Waals surface area contributed by atoms with E-state index in [1.165, 1.54) is 6.42 Å². The van der Waals surface area contributed by atoms with E-state index < -0.39 is 0 Å². The van der Waals surface area contributed by atoms with E-state index in [1.807, 2.05) is 6.08 Å². The predicted molar refractivity (Wildman–Crippen MR) is 47.7 cm³/mol. The minimum Gasteiger partial charge on any atom is -0.505 e. The summed E-state index contributed by atoms with van der Waals surface area (Å²) in [5.74, 6) is 0.995. The van der Waals surface area contributed by atoms with Gasteiger partial charge in [0.05, 0.1) is 13.4 Å². The van der Waals surface area contributed by atoms with Crippen molar-refractivity contribution in [2.75, 3.05) is 7.11 Å². The molecule has 0 spiro atoms. The maximum Gasteiger partial charge on any atom is 0.133 e. The molecule has 1 fully saturated rings. The average Bonchev–Trinajstić information content (AvgIpc) is 2.05. The van der Waals surface area contributed by atoms with Crippen LogP contribution in [0.15, 0.2) is 12.3 Å². The van der Waals surface area contributed by atoms with Crippen molar-refractivity contribution < 1.29 is 9.53 Å². The molecular formula is C10H16O2. The van der Waals surface area contributed by atoms with Gasteiger partial charge in [0.1, 0.15) is 5.78 Å². The standard InChI is InChI=1S/C10H16O2/c1-12-7-3-5-9-4-2-6-10(11)8-9/h3,7,9H,2,4-6,8H2,1H3/b7-3-. The van der Waals surface area contributed by atoms with Gasteiger partial charge in [0.15, 0.2) is 0 Å². The van der Waals surface area contributed by atoms with Gasteiger partial charge < -0.3 is 4.74 Å². The number of ketones is 1. The zero-order valence-electron chi connectivity index (χ0n) is 7.58. The van der Waals surface area contributed by atoms with Gasteiger partial charge in [-0.25, -0.2) is 0 Å². The first-order valence-corrected chi connectivity index (χ1v) is 4.52. The molecule has 0 aromatic rings. The van der Waals surface area contributed by atoms with Gasteiger partial charge >= 0.3 is 0 Å². The number of allylic oxidation sites excluding steroid dienone is 1. The van der Waals surface area contributed by atoms with E-state index in [0.29, 0.717) is 11.7 Å². The molecule has 2 nitrogen and oxygen atoms in total. The normalized spacial score (nSPS) is 24.8. The molecule has 1 saturated carbocycles. The molecule has 0 N–H and O–H groups in total.